The van der Waals surface area contributed by atoms with Gasteiger partial charge in [0.15, 0.2) is 11.5 Å². The van der Waals surface area contributed by atoms with Gasteiger partial charge in [-0.05, 0) is 75.3 Å². The van der Waals surface area contributed by atoms with Crippen LogP contribution >= 0.6 is 0 Å². The van der Waals surface area contributed by atoms with E-state index in [2.05, 4.69) is 10.2 Å². The molecule has 8 nitrogen and oxygen atoms in total. The molecule has 4 bridgehead atoms. The van der Waals surface area contributed by atoms with Crippen molar-refractivity contribution in [2.24, 2.45) is 17.8 Å². The van der Waals surface area contributed by atoms with E-state index in [1.807, 2.05) is 6.92 Å². The van der Waals surface area contributed by atoms with Crippen molar-refractivity contribution in [3.63, 3.8) is 0 Å². The van der Waals surface area contributed by atoms with Crippen molar-refractivity contribution in [2.75, 3.05) is 40.4 Å². The lowest BCUT2D eigenvalue weighted by Crippen LogP contribution is -2.63. The topological polar surface area (TPSA) is 88.2 Å². The van der Waals surface area contributed by atoms with Crippen LogP contribution in [0.2, 0.25) is 0 Å². The first-order valence-corrected chi connectivity index (χ1v) is 14.0. The number of hydrogen-bond acceptors (Lipinski definition) is 6. The molecular formula is C25H37N3O5S. The molecule has 0 radical (unpaired) electrons. The third kappa shape index (κ3) is 4.31. The highest BCUT2D eigenvalue weighted by Gasteiger charge is 2.52. The Morgan fingerprint density at radius 3 is 2.06 bits per heavy atom. The van der Waals surface area contributed by atoms with Crippen molar-refractivity contribution in [3.8, 4) is 11.5 Å². The summed E-state index contributed by atoms with van der Waals surface area (Å²) >= 11 is 0. The van der Waals surface area contributed by atoms with E-state index in [-0.39, 0.29) is 22.4 Å². The molecule has 1 atom stereocenters. The molecule has 4 aliphatic carbocycles. The number of ether oxygens (including phenoxy) is 2. The Morgan fingerprint density at radius 1 is 0.971 bits per heavy atom. The highest BCUT2D eigenvalue weighted by molar-refractivity contribution is 7.89. The number of hydrogen-bond donors (Lipinski definition) is 1. The minimum Gasteiger partial charge on any atom is -0.493 e. The quantitative estimate of drug-likeness (QED) is 0.631. The maximum Gasteiger partial charge on any atom is 0.243 e. The van der Waals surface area contributed by atoms with Gasteiger partial charge in [-0.3, -0.25) is 9.69 Å². The minimum atomic E-state index is -3.65. The maximum atomic E-state index is 13.2. The van der Waals surface area contributed by atoms with E-state index in [9.17, 15) is 13.2 Å². The first-order valence-electron chi connectivity index (χ1n) is 12.5. The van der Waals surface area contributed by atoms with E-state index in [1.165, 1.54) is 43.9 Å². The number of carbonyl (C=O) groups excluding carboxylic acids is 1. The lowest BCUT2D eigenvalue weighted by molar-refractivity contribution is -0.132. The van der Waals surface area contributed by atoms with E-state index >= 15 is 0 Å². The summed E-state index contributed by atoms with van der Waals surface area (Å²) in [6.07, 6.45) is 7.45. The SMILES string of the molecule is COc1ccc(S(=O)(=O)N2CCN(C(C)C(=O)NC34CC5CC(CC(C5)C3)C4)CC2)cc1OC. The van der Waals surface area contributed by atoms with E-state index < -0.39 is 10.0 Å². The van der Waals surface area contributed by atoms with Gasteiger partial charge in [-0.2, -0.15) is 4.31 Å². The van der Waals surface area contributed by atoms with Crippen LogP contribution in [-0.4, -0.2) is 75.5 Å². The third-order valence-corrected chi connectivity index (χ3v) is 10.5. The van der Waals surface area contributed by atoms with Gasteiger partial charge in [-0.1, -0.05) is 0 Å². The number of benzene rings is 1. The second-order valence-electron chi connectivity index (χ2n) is 10.8. The average Bonchev–Trinajstić information content (AvgIpc) is 2.82. The largest absolute Gasteiger partial charge is 0.493 e. The lowest BCUT2D eigenvalue weighted by Gasteiger charge is -2.57. The summed E-state index contributed by atoms with van der Waals surface area (Å²) in [4.78, 5) is 15.5. The molecule has 34 heavy (non-hydrogen) atoms. The Kier molecular flexibility index (Phi) is 6.31. The number of nitrogens with one attached hydrogen (secondary N) is 1. The molecule has 0 aromatic heterocycles. The zero-order valence-corrected chi connectivity index (χ0v) is 21.3. The predicted octanol–water partition coefficient (Wildman–Crippen LogP) is 2.48. The Morgan fingerprint density at radius 2 is 1.53 bits per heavy atom. The van der Waals surface area contributed by atoms with Crippen LogP contribution in [0, 0.1) is 17.8 Å². The number of amides is 1. The number of sulfonamides is 1. The fourth-order valence-corrected chi connectivity index (χ4v) is 8.69. The van der Waals surface area contributed by atoms with Crippen LogP contribution < -0.4 is 14.8 Å². The summed E-state index contributed by atoms with van der Waals surface area (Å²) in [6.45, 7) is 3.72. The number of nitrogens with zero attached hydrogens (tertiary/aromatic N) is 2. The predicted molar refractivity (Wildman–Crippen MR) is 128 cm³/mol. The normalized spacial score (nSPS) is 32.4. The number of piperazine rings is 1. The van der Waals surface area contributed by atoms with Crippen molar-refractivity contribution >= 4 is 15.9 Å². The third-order valence-electron chi connectivity index (χ3n) is 8.62. The summed E-state index contributed by atoms with van der Waals surface area (Å²) in [5.41, 5.74) is -0.00131. The molecule has 6 rings (SSSR count). The molecule has 1 aromatic carbocycles. The van der Waals surface area contributed by atoms with Gasteiger partial charge < -0.3 is 14.8 Å². The molecule has 188 valence electrons. The van der Waals surface area contributed by atoms with Gasteiger partial charge in [0, 0.05) is 37.8 Å². The molecule has 5 aliphatic rings. The summed E-state index contributed by atoms with van der Waals surface area (Å²) in [7, 11) is -0.646. The molecule has 1 amide bonds. The van der Waals surface area contributed by atoms with Crippen LogP contribution in [-0.2, 0) is 14.8 Å². The molecule has 1 unspecified atom stereocenters. The van der Waals surface area contributed by atoms with Gasteiger partial charge in [0.05, 0.1) is 25.2 Å². The van der Waals surface area contributed by atoms with Crippen molar-refractivity contribution in [2.45, 2.75) is 61.9 Å². The summed E-state index contributed by atoms with van der Waals surface area (Å²) < 4.78 is 38.4. The molecular weight excluding hydrogens is 454 g/mol. The van der Waals surface area contributed by atoms with E-state index in [4.69, 9.17) is 9.47 Å². The Balaban J connectivity index is 1.20. The van der Waals surface area contributed by atoms with Crippen LogP contribution in [0.1, 0.15) is 45.4 Å². The van der Waals surface area contributed by atoms with Gasteiger partial charge in [0.25, 0.3) is 0 Å². The van der Waals surface area contributed by atoms with Crippen molar-refractivity contribution in [1.82, 2.24) is 14.5 Å². The van der Waals surface area contributed by atoms with Gasteiger partial charge in [-0.25, -0.2) is 8.42 Å². The average molecular weight is 492 g/mol. The fourth-order valence-electron chi connectivity index (χ4n) is 7.25. The van der Waals surface area contributed by atoms with Gasteiger partial charge in [-0.15, -0.1) is 0 Å². The number of methoxy groups -OCH3 is 2. The van der Waals surface area contributed by atoms with E-state index in [1.54, 1.807) is 12.1 Å². The minimum absolute atomic E-state index is 0.00131. The standard InChI is InChI=1S/C25H37N3O5S/c1-17(24(29)26-25-14-18-10-19(15-25)12-20(11-18)16-25)27-6-8-28(9-7-27)34(30,31)21-4-5-22(32-2)23(13-21)33-3/h4-5,13,17-20H,6-12,14-16H2,1-3H3,(H,26,29). The number of carbonyl (C=O) groups is 1. The molecule has 0 spiro atoms. The fraction of sp³-hybridized carbons (Fsp3) is 0.720. The molecule has 1 aliphatic heterocycles. The molecule has 5 fully saturated rings. The lowest BCUT2D eigenvalue weighted by atomic mass is 9.53. The van der Waals surface area contributed by atoms with E-state index in [0.717, 1.165) is 37.0 Å². The Hall–Kier alpha value is -1.84. The monoisotopic (exact) mass is 491 g/mol. The second-order valence-corrected chi connectivity index (χ2v) is 12.8. The molecule has 9 heteroatoms. The van der Waals surface area contributed by atoms with Gasteiger partial charge in [0.1, 0.15) is 0 Å². The second kappa shape index (κ2) is 8.99. The van der Waals surface area contributed by atoms with Gasteiger partial charge in [0.2, 0.25) is 15.9 Å². The van der Waals surface area contributed by atoms with Crippen LogP contribution in [0.4, 0.5) is 0 Å². The molecule has 1 saturated heterocycles. The first kappa shape index (κ1) is 23.9. The zero-order valence-electron chi connectivity index (χ0n) is 20.5. The van der Waals surface area contributed by atoms with Crippen molar-refractivity contribution in [3.05, 3.63) is 18.2 Å². The molecule has 1 heterocycles. The van der Waals surface area contributed by atoms with Crippen molar-refractivity contribution < 1.29 is 22.7 Å². The van der Waals surface area contributed by atoms with Crippen LogP contribution in [0.25, 0.3) is 0 Å². The zero-order chi connectivity index (χ0) is 24.1. The summed E-state index contributed by atoms with van der Waals surface area (Å²) in [6, 6.07) is 4.39. The Labute approximate surface area is 203 Å². The summed E-state index contributed by atoms with van der Waals surface area (Å²) in [5, 5.41) is 3.47. The van der Waals surface area contributed by atoms with Crippen LogP contribution in [0.3, 0.4) is 0 Å². The summed E-state index contributed by atoms with van der Waals surface area (Å²) in [5.74, 6) is 3.33. The van der Waals surface area contributed by atoms with Gasteiger partial charge >= 0.3 is 0 Å². The maximum absolute atomic E-state index is 13.2. The highest BCUT2D eigenvalue weighted by atomic mass is 32.2. The number of rotatable bonds is 7. The smallest absolute Gasteiger partial charge is 0.243 e. The molecule has 1 aromatic rings. The molecule has 1 N–H and O–H groups in total. The highest BCUT2D eigenvalue weighted by Crippen LogP contribution is 2.55. The van der Waals surface area contributed by atoms with Crippen LogP contribution in [0.5, 0.6) is 11.5 Å². The van der Waals surface area contributed by atoms with Crippen molar-refractivity contribution in [1.29, 1.82) is 0 Å². The van der Waals surface area contributed by atoms with Crippen LogP contribution in [0.15, 0.2) is 23.1 Å². The first-order chi connectivity index (χ1) is 16.2. The molecule has 4 saturated carbocycles. The van der Waals surface area contributed by atoms with E-state index in [0.29, 0.717) is 37.7 Å². The Bertz CT molecular complexity index is 1000.